The molecule has 1 aromatic heterocycles. The first kappa shape index (κ1) is 13.3. The molecule has 0 aliphatic heterocycles. The molecule has 19 heavy (non-hydrogen) atoms. The summed E-state index contributed by atoms with van der Waals surface area (Å²) in [6.07, 6.45) is 0. The molecule has 0 amide bonds. The van der Waals surface area contributed by atoms with Crippen LogP contribution in [0.25, 0.3) is 11.4 Å². The third-order valence-corrected chi connectivity index (χ3v) is 2.76. The average molecular weight is 259 g/mol. The lowest BCUT2D eigenvalue weighted by Gasteiger charge is -2.10. The van der Waals surface area contributed by atoms with E-state index in [1.165, 1.54) is 0 Å². The summed E-state index contributed by atoms with van der Waals surface area (Å²) in [4.78, 5) is 8.84. The summed E-state index contributed by atoms with van der Waals surface area (Å²) >= 11 is 0. The molecule has 0 aliphatic rings. The Morgan fingerprint density at radius 1 is 1.05 bits per heavy atom. The lowest BCUT2D eigenvalue weighted by Crippen LogP contribution is -2.03. The minimum absolute atomic E-state index is 0.393. The smallest absolute Gasteiger partial charge is 0.161 e. The molecule has 100 valence electrons. The van der Waals surface area contributed by atoms with E-state index in [1.807, 2.05) is 31.2 Å². The van der Waals surface area contributed by atoms with Gasteiger partial charge in [0.15, 0.2) is 17.3 Å². The second-order valence-electron chi connectivity index (χ2n) is 4.10. The highest BCUT2D eigenvalue weighted by Gasteiger charge is 2.09. The van der Waals surface area contributed by atoms with E-state index in [2.05, 4.69) is 9.97 Å². The molecule has 2 aromatic rings. The van der Waals surface area contributed by atoms with Crippen LogP contribution in [0, 0.1) is 6.92 Å². The minimum Gasteiger partial charge on any atom is -0.493 e. The van der Waals surface area contributed by atoms with Crippen LogP contribution in [0.15, 0.2) is 24.3 Å². The number of methoxy groups -OCH3 is 2. The highest BCUT2D eigenvalue weighted by atomic mass is 16.5. The average Bonchev–Trinajstić information content (AvgIpc) is 2.45. The van der Waals surface area contributed by atoms with Crippen molar-refractivity contribution in [3.05, 3.63) is 35.7 Å². The Kier molecular flexibility index (Phi) is 3.97. The van der Waals surface area contributed by atoms with Crippen LogP contribution in [-0.2, 0) is 6.54 Å². The van der Waals surface area contributed by atoms with Gasteiger partial charge in [-0.2, -0.15) is 0 Å². The molecule has 0 saturated heterocycles. The van der Waals surface area contributed by atoms with Gasteiger partial charge in [-0.3, -0.25) is 0 Å². The van der Waals surface area contributed by atoms with Gasteiger partial charge in [-0.1, -0.05) is 0 Å². The molecule has 0 atom stereocenters. The Labute approximate surface area is 112 Å². The zero-order chi connectivity index (χ0) is 13.8. The van der Waals surface area contributed by atoms with E-state index in [0.717, 1.165) is 17.0 Å². The van der Waals surface area contributed by atoms with Crippen LogP contribution in [0.3, 0.4) is 0 Å². The van der Waals surface area contributed by atoms with Gasteiger partial charge in [-0.05, 0) is 31.2 Å². The van der Waals surface area contributed by atoms with Gasteiger partial charge in [0.2, 0.25) is 0 Å². The second-order valence-corrected chi connectivity index (χ2v) is 4.10. The Morgan fingerprint density at radius 2 is 1.79 bits per heavy atom. The number of aryl methyl sites for hydroxylation is 1. The van der Waals surface area contributed by atoms with Crippen molar-refractivity contribution in [3.63, 3.8) is 0 Å². The molecule has 0 bridgehead atoms. The van der Waals surface area contributed by atoms with Crippen molar-refractivity contribution < 1.29 is 9.47 Å². The number of rotatable bonds is 4. The number of aromatic nitrogens is 2. The largest absolute Gasteiger partial charge is 0.493 e. The van der Waals surface area contributed by atoms with E-state index in [4.69, 9.17) is 15.2 Å². The summed E-state index contributed by atoms with van der Waals surface area (Å²) in [6.45, 7) is 2.31. The van der Waals surface area contributed by atoms with Crippen LogP contribution in [0.5, 0.6) is 11.5 Å². The zero-order valence-electron chi connectivity index (χ0n) is 11.3. The normalized spacial score (nSPS) is 10.3. The predicted molar refractivity (Wildman–Crippen MR) is 73.2 cm³/mol. The van der Waals surface area contributed by atoms with Crippen molar-refractivity contribution in [2.75, 3.05) is 14.2 Å². The standard InChI is InChI=1S/C14H17N3O2/c1-9-6-11(8-15)17-14(16-9)10-4-5-12(18-2)13(7-10)19-3/h4-7H,8,15H2,1-3H3. The van der Waals surface area contributed by atoms with Crippen LogP contribution in [0.2, 0.25) is 0 Å². The number of ether oxygens (including phenoxy) is 2. The lowest BCUT2D eigenvalue weighted by atomic mass is 10.1. The highest BCUT2D eigenvalue weighted by molar-refractivity contribution is 5.61. The van der Waals surface area contributed by atoms with E-state index < -0.39 is 0 Å². The quantitative estimate of drug-likeness (QED) is 0.908. The van der Waals surface area contributed by atoms with Crippen molar-refractivity contribution in [1.29, 1.82) is 0 Å². The Morgan fingerprint density at radius 3 is 2.42 bits per heavy atom. The molecule has 1 aromatic carbocycles. The van der Waals surface area contributed by atoms with E-state index in [0.29, 0.717) is 23.9 Å². The van der Waals surface area contributed by atoms with Gasteiger partial charge in [0.05, 0.1) is 19.9 Å². The van der Waals surface area contributed by atoms with Crippen molar-refractivity contribution in [1.82, 2.24) is 9.97 Å². The highest BCUT2D eigenvalue weighted by Crippen LogP contribution is 2.31. The maximum atomic E-state index is 5.63. The van der Waals surface area contributed by atoms with Crippen molar-refractivity contribution in [2.45, 2.75) is 13.5 Å². The van der Waals surface area contributed by atoms with Crippen LogP contribution < -0.4 is 15.2 Å². The number of nitrogens with two attached hydrogens (primary N) is 1. The molecule has 0 spiro atoms. The maximum absolute atomic E-state index is 5.63. The van der Waals surface area contributed by atoms with Gasteiger partial charge in [0.25, 0.3) is 0 Å². The molecule has 5 nitrogen and oxygen atoms in total. The summed E-state index contributed by atoms with van der Waals surface area (Å²) in [5, 5.41) is 0. The number of benzene rings is 1. The van der Waals surface area contributed by atoms with Crippen LogP contribution in [-0.4, -0.2) is 24.2 Å². The van der Waals surface area contributed by atoms with Crippen molar-refractivity contribution in [3.8, 4) is 22.9 Å². The molecular weight excluding hydrogens is 242 g/mol. The molecule has 0 saturated carbocycles. The SMILES string of the molecule is COc1ccc(-c2nc(C)cc(CN)n2)cc1OC. The van der Waals surface area contributed by atoms with E-state index >= 15 is 0 Å². The number of hydrogen-bond donors (Lipinski definition) is 1. The first-order chi connectivity index (χ1) is 9.17. The topological polar surface area (TPSA) is 70.3 Å². The predicted octanol–water partition coefficient (Wildman–Crippen LogP) is 1.93. The Bertz CT molecular complexity index is 585. The molecular formula is C14H17N3O2. The fraction of sp³-hybridized carbons (Fsp3) is 0.286. The summed E-state index contributed by atoms with van der Waals surface area (Å²) in [6, 6.07) is 7.47. The van der Waals surface area contributed by atoms with Gasteiger partial charge in [-0.15, -0.1) is 0 Å². The molecule has 0 fully saturated rings. The summed E-state index contributed by atoms with van der Waals surface area (Å²) in [7, 11) is 3.21. The lowest BCUT2D eigenvalue weighted by molar-refractivity contribution is 0.355. The van der Waals surface area contributed by atoms with Gasteiger partial charge >= 0.3 is 0 Å². The molecule has 0 unspecified atom stereocenters. The Balaban J connectivity index is 2.49. The van der Waals surface area contributed by atoms with Gasteiger partial charge < -0.3 is 15.2 Å². The first-order valence-corrected chi connectivity index (χ1v) is 5.95. The summed E-state index contributed by atoms with van der Waals surface area (Å²) in [5.74, 6) is 1.97. The van der Waals surface area contributed by atoms with Gasteiger partial charge in [0.1, 0.15) is 0 Å². The number of hydrogen-bond acceptors (Lipinski definition) is 5. The third kappa shape index (κ3) is 2.82. The molecule has 1 heterocycles. The Hall–Kier alpha value is -2.14. The molecule has 5 heteroatoms. The van der Waals surface area contributed by atoms with Crippen LogP contribution in [0.1, 0.15) is 11.4 Å². The van der Waals surface area contributed by atoms with Crippen molar-refractivity contribution in [2.24, 2.45) is 5.73 Å². The van der Waals surface area contributed by atoms with E-state index in [-0.39, 0.29) is 0 Å². The third-order valence-electron chi connectivity index (χ3n) is 2.76. The van der Waals surface area contributed by atoms with Crippen LogP contribution in [0.4, 0.5) is 0 Å². The monoisotopic (exact) mass is 259 g/mol. The summed E-state index contributed by atoms with van der Waals surface area (Å²) in [5.41, 5.74) is 8.21. The zero-order valence-corrected chi connectivity index (χ0v) is 11.3. The molecule has 0 radical (unpaired) electrons. The first-order valence-electron chi connectivity index (χ1n) is 5.95. The molecule has 2 rings (SSSR count). The van der Waals surface area contributed by atoms with Crippen LogP contribution >= 0.6 is 0 Å². The minimum atomic E-state index is 0.393. The fourth-order valence-corrected chi connectivity index (χ4v) is 1.84. The van der Waals surface area contributed by atoms with Gasteiger partial charge in [0, 0.05) is 17.8 Å². The number of nitrogens with zero attached hydrogens (tertiary/aromatic N) is 2. The molecule has 0 aliphatic carbocycles. The fourth-order valence-electron chi connectivity index (χ4n) is 1.84. The van der Waals surface area contributed by atoms with E-state index in [9.17, 15) is 0 Å². The second kappa shape index (κ2) is 5.67. The summed E-state index contributed by atoms with van der Waals surface area (Å²) < 4.78 is 10.5. The van der Waals surface area contributed by atoms with E-state index in [1.54, 1.807) is 14.2 Å². The van der Waals surface area contributed by atoms with Crippen molar-refractivity contribution >= 4 is 0 Å². The molecule has 2 N–H and O–H groups in total. The maximum Gasteiger partial charge on any atom is 0.161 e. The van der Waals surface area contributed by atoms with Gasteiger partial charge in [-0.25, -0.2) is 9.97 Å².